The predicted octanol–water partition coefficient (Wildman–Crippen LogP) is 6.44. The van der Waals surface area contributed by atoms with E-state index in [0.717, 1.165) is 12.1 Å². The smallest absolute Gasteiger partial charge is 0.416 e. The number of rotatable bonds is 5. The van der Waals surface area contributed by atoms with Gasteiger partial charge in [-0.25, -0.2) is 0 Å². The molecule has 8 heteroatoms. The molecule has 3 aromatic carbocycles. The molecule has 32 heavy (non-hydrogen) atoms. The van der Waals surface area contributed by atoms with Crippen LogP contribution < -0.4 is 14.8 Å². The van der Waals surface area contributed by atoms with Crippen LogP contribution in [-0.2, 0) is 17.6 Å². The number of hydrogen-bond acceptors (Lipinski definition) is 3. The number of alkyl halides is 3. The second kappa shape index (κ2) is 8.59. The summed E-state index contributed by atoms with van der Waals surface area (Å²) >= 11 is 6.06. The zero-order valence-electron chi connectivity index (χ0n) is 16.8. The summed E-state index contributed by atoms with van der Waals surface area (Å²) in [6.45, 7) is -0.0605. The van der Waals surface area contributed by atoms with Crippen LogP contribution in [0.5, 0.6) is 11.5 Å². The van der Waals surface area contributed by atoms with Gasteiger partial charge in [0, 0.05) is 21.8 Å². The van der Waals surface area contributed by atoms with E-state index in [9.17, 15) is 18.0 Å². The van der Waals surface area contributed by atoms with Crippen LogP contribution in [0.25, 0.3) is 11.6 Å². The molecule has 164 valence electrons. The van der Waals surface area contributed by atoms with Crippen molar-refractivity contribution in [1.29, 1.82) is 0 Å². The number of anilines is 1. The van der Waals surface area contributed by atoms with Crippen LogP contribution in [0.2, 0.25) is 5.02 Å². The van der Waals surface area contributed by atoms with E-state index in [1.54, 1.807) is 48.5 Å². The lowest BCUT2D eigenvalue weighted by molar-refractivity contribution is -0.137. The highest BCUT2D eigenvalue weighted by Crippen LogP contribution is 2.36. The molecule has 4 nitrogen and oxygen atoms in total. The SMILES string of the molecule is COc1cc(/C=C2/C(=O)Nc3ccc(Cl)cc32)ccc1OCc1cccc(C(F)(F)F)c1. The Bertz CT molecular complexity index is 1220. The van der Waals surface area contributed by atoms with Crippen LogP contribution in [0.1, 0.15) is 22.3 Å². The first-order valence-corrected chi connectivity index (χ1v) is 9.92. The Morgan fingerprint density at radius 3 is 2.59 bits per heavy atom. The number of carbonyl (C=O) groups excluding carboxylic acids is 1. The number of amides is 1. The zero-order chi connectivity index (χ0) is 22.9. The van der Waals surface area contributed by atoms with Crippen molar-refractivity contribution in [3.05, 3.63) is 87.9 Å². The van der Waals surface area contributed by atoms with Gasteiger partial charge >= 0.3 is 6.18 Å². The van der Waals surface area contributed by atoms with Crippen LogP contribution in [0, 0.1) is 0 Å². The highest BCUT2D eigenvalue weighted by atomic mass is 35.5. The summed E-state index contributed by atoms with van der Waals surface area (Å²) in [7, 11) is 1.46. The summed E-state index contributed by atoms with van der Waals surface area (Å²) in [5.74, 6) is 0.508. The molecule has 0 atom stereocenters. The lowest BCUT2D eigenvalue weighted by Crippen LogP contribution is -2.06. The fraction of sp³-hybridized carbons (Fsp3) is 0.125. The Labute approximate surface area is 187 Å². The number of ether oxygens (including phenoxy) is 2. The Hall–Kier alpha value is -3.45. The number of halogens is 4. The van der Waals surface area contributed by atoms with Crippen LogP contribution in [0.15, 0.2) is 60.7 Å². The molecular weight excluding hydrogens is 443 g/mol. The fourth-order valence-electron chi connectivity index (χ4n) is 3.36. The molecular formula is C24H17ClF3NO3. The molecule has 0 aliphatic carbocycles. The maximum atomic E-state index is 12.9. The van der Waals surface area contributed by atoms with Gasteiger partial charge in [0.1, 0.15) is 6.61 Å². The normalized spacial score (nSPS) is 14.3. The third-order valence-corrected chi connectivity index (χ3v) is 5.15. The van der Waals surface area contributed by atoms with Gasteiger partial charge in [-0.15, -0.1) is 0 Å². The molecule has 0 unspecified atom stereocenters. The Kier molecular flexibility index (Phi) is 5.84. The first kappa shape index (κ1) is 21.8. The second-order valence-corrected chi connectivity index (χ2v) is 7.54. The van der Waals surface area contributed by atoms with Crippen molar-refractivity contribution in [3.8, 4) is 11.5 Å². The molecule has 1 amide bonds. The number of benzene rings is 3. The van der Waals surface area contributed by atoms with E-state index < -0.39 is 11.7 Å². The number of carbonyl (C=O) groups is 1. The molecule has 1 aliphatic rings. The minimum atomic E-state index is -4.42. The molecule has 0 saturated carbocycles. The molecule has 0 bridgehead atoms. The minimum Gasteiger partial charge on any atom is -0.493 e. The van der Waals surface area contributed by atoms with Crippen molar-refractivity contribution in [2.75, 3.05) is 12.4 Å². The largest absolute Gasteiger partial charge is 0.493 e. The predicted molar refractivity (Wildman–Crippen MR) is 117 cm³/mol. The van der Waals surface area contributed by atoms with Gasteiger partial charge in [-0.1, -0.05) is 29.8 Å². The van der Waals surface area contributed by atoms with Gasteiger partial charge in [0.25, 0.3) is 5.91 Å². The number of hydrogen-bond donors (Lipinski definition) is 1. The Morgan fingerprint density at radius 1 is 1.03 bits per heavy atom. The summed E-state index contributed by atoms with van der Waals surface area (Å²) in [5, 5.41) is 3.30. The monoisotopic (exact) mass is 459 g/mol. The molecule has 0 aromatic heterocycles. The molecule has 1 heterocycles. The molecule has 0 fully saturated rings. The van der Waals surface area contributed by atoms with Crippen LogP contribution in [-0.4, -0.2) is 13.0 Å². The summed E-state index contributed by atoms with van der Waals surface area (Å²) < 4.78 is 49.8. The summed E-state index contributed by atoms with van der Waals surface area (Å²) in [4.78, 5) is 12.4. The van der Waals surface area contributed by atoms with Crippen molar-refractivity contribution in [2.45, 2.75) is 12.8 Å². The van der Waals surface area contributed by atoms with Gasteiger partial charge < -0.3 is 14.8 Å². The van der Waals surface area contributed by atoms with Gasteiger partial charge in [0.2, 0.25) is 0 Å². The molecule has 1 aliphatic heterocycles. The molecule has 4 rings (SSSR count). The molecule has 0 saturated heterocycles. The van der Waals surface area contributed by atoms with Crippen molar-refractivity contribution in [3.63, 3.8) is 0 Å². The quantitative estimate of drug-likeness (QED) is 0.447. The van der Waals surface area contributed by atoms with Crippen molar-refractivity contribution in [2.24, 2.45) is 0 Å². The number of fused-ring (bicyclic) bond motifs is 1. The van der Waals surface area contributed by atoms with Gasteiger partial charge in [-0.3, -0.25) is 4.79 Å². The van der Waals surface area contributed by atoms with E-state index in [4.69, 9.17) is 21.1 Å². The van der Waals surface area contributed by atoms with E-state index in [2.05, 4.69) is 5.32 Å². The third kappa shape index (κ3) is 4.57. The van der Waals surface area contributed by atoms with Crippen LogP contribution in [0.3, 0.4) is 0 Å². The van der Waals surface area contributed by atoms with Crippen molar-refractivity contribution >= 4 is 34.8 Å². The standard InChI is InChI=1S/C24H17ClF3NO3/c1-31-22-11-14(10-19-18-12-17(25)6-7-20(18)29-23(19)30)5-8-21(22)32-13-15-3-2-4-16(9-15)24(26,27)28/h2-12H,13H2,1H3,(H,29,30)/b19-10+. The maximum Gasteiger partial charge on any atom is 0.416 e. The maximum absolute atomic E-state index is 12.9. The van der Waals surface area contributed by atoms with E-state index in [0.29, 0.717) is 44.5 Å². The Balaban J connectivity index is 1.56. The van der Waals surface area contributed by atoms with Gasteiger partial charge in [0.15, 0.2) is 11.5 Å². The summed E-state index contributed by atoms with van der Waals surface area (Å²) in [5.41, 5.74) is 2.17. The van der Waals surface area contributed by atoms with Gasteiger partial charge in [-0.05, 0) is 59.7 Å². The van der Waals surface area contributed by atoms with E-state index in [1.807, 2.05) is 0 Å². The van der Waals surface area contributed by atoms with Crippen molar-refractivity contribution in [1.82, 2.24) is 0 Å². The third-order valence-electron chi connectivity index (χ3n) is 4.91. The second-order valence-electron chi connectivity index (χ2n) is 7.10. The number of methoxy groups -OCH3 is 1. The molecule has 3 aromatic rings. The molecule has 0 radical (unpaired) electrons. The van der Waals surface area contributed by atoms with Crippen LogP contribution in [0.4, 0.5) is 18.9 Å². The Morgan fingerprint density at radius 2 is 1.84 bits per heavy atom. The van der Waals surface area contributed by atoms with Gasteiger partial charge in [-0.2, -0.15) is 13.2 Å². The van der Waals surface area contributed by atoms with Crippen LogP contribution >= 0.6 is 11.6 Å². The fourth-order valence-corrected chi connectivity index (χ4v) is 3.53. The average molecular weight is 460 g/mol. The van der Waals surface area contributed by atoms with E-state index in [1.165, 1.54) is 13.2 Å². The summed E-state index contributed by atoms with van der Waals surface area (Å²) in [6.07, 6.45) is -2.71. The van der Waals surface area contributed by atoms with Gasteiger partial charge in [0.05, 0.1) is 12.7 Å². The minimum absolute atomic E-state index is 0.0605. The van der Waals surface area contributed by atoms with E-state index in [-0.39, 0.29) is 12.5 Å². The first-order chi connectivity index (χ1) is 15.2. The summed E-state index contributed by atoms with van der Waals surface area (Å²) in [6, 6.07) is 15.2. The molecule has 0 spiro atoms. The lowest BCUT2D eigenvalue weighted by atomic mass is 10.0. The van der Waals surface area contributed by atoms with E-state index >= 15 is 0 Å². The van der Waals surface area contributed by atoms with Crippen molar-refractivity contribution < 1.29 is 27.4 Å². The molecule has 1 N–H and O–H groups in total. The topological polar surface area (TPSA) is 47.6 Å². The zero-order valence-corrected chi connectivity index (χ0v) is 17.6. The number of nitrogens with one attached hydrogen (secondary N) is 1. The highest BCUT2D eigenvalue weighted by molar-refractivity contribution is 6.36. The highest BCUT2D eigenvalue weighted by Gasteiger charge is 2.30. The average Bonchev–Trinajstić information content (AvgIpc) is 3.06. The first-order valence-electron chi connectivity index (χ1n) is 9.54. The lowest BCUT2D eigenvalue weighted by Gasteiger charge is -2.13.